The fraction of sp³-hybridized carbons (Fsp3) is 0.211. The molecule has 1 heterocycles. The molecule has 0 aliphatic carbocycles. The number of hydrogen-bond acceptors (Lipinski definition) is 5. The second kappa shape index (κ2) is 7.77. The third-order valence-electron chi connectivity index (χ3n) is 3.99. The first-order chi connectivity index (χ1) is 13.0. The van der Waals surface area contributed by atoms with Crippen LogP contribution in [0.5, 0.6) is 5.75 Å². The number of aromatic nitrogens is 2. The lowest BCUT2D eigenvalue weighted by Crippen LogP contribution is -2.30. The average molecular weight is 369 g/mol. The number of carbonyl (C=O) groups excluding carboxylic acids is 2. The Labute approximate surface area is 154 Å². The van der Waals surface area contributed by atoms with E-state index < -0.39 is 18.0 Å². The van der Waals surface area contributed by atoms with E-state index in [1.165, 1.54) is 14.0 Å². The molecular weight excluding hydrogens is 350 g/mol. The summed E-state index contributed by atoms with van der Waals surface area (Å²) in [7, 11) is 1.52. The standard InChI is InChI=1S/C19H19N3O5/c1-11(27-17(23)9-12-5-3-4-6-16(12)26-2)18(24)20-13-7-8-14-15(10-13)22-19(25)21-14/h3-8,10-11H,9H2,1-2H3,(H,20,24)(H2,21,22,25)/t11-/m0/s1. The number of methoxy groups -OCH3 is 1. The number of rotatable bonds is 6. The molecule has 0 fully saturated rings. The van der Waals surface area contributed by atoms with E-state index in [0.29, 0.717) is 28.0 Å². The number of ether oxygens (including phenoxy) is 2. The lowest BCUT2D eigenvalue weighted by molar-refractivity contribution is -0.152. The Morgan fingerprint density at radius 1 is 1.11 bits per heavy atom. The first-order valence-corrected chi connectivity index (χ1v) is 8.30. The van der Waals surface area contributed by atoms with Gasteiger partial charge < -0.3 is 24.8 Å². The topological polar surface area (TPSA) is 113 Å². The van der Waals surface area contributed by atoms with E-state index in [4.69, 9.17) is 9.47 Å². The number of esters is 1. The van der Waals surface area contributed by atoms with Crippen LogP contribution in [0.1, 0.15) is 12.5 Å². The number of fused-ring (bicyclic) bond motifs is 1. The molecule has 0 bridgehead atoms. The number of H-pyrrole nitrogens is 2. The van der Waals surface area contributed by atoms with Crippen LogP contribution in [-0.4, -0.2) is 35.1 Å². The highest BCUT2D eigenvalue weighted by Crippen LogP contribution is 2.19. The number of amides is 1. The Bertz CT molecular complexity index is 1040. The Hall–Kier alpha value is -3.55. The Balaban J connectivity index is 1.60. The predicted molar refractivity (Wildman–Crippen MR) is 99.8 cm³/mol. The van der Waals surface area contributed by atoms with Gasteiger partial charge in [0.2, 0.25) is 0 Å². The molecule has 0 aliphatic heterocycles. The number of aromatic amines is 2. The minimum absolute atomic E-state index is 0.00181. The largest absolute Gasteiger partial charge is 0.496 e. The van der Waals surface area contributed by atoms with Crippen molar-refractivity contribution in [2.45, 2.75) is 19.4 Å². The van der Waals surface area contributed by atoms with E-state index in [2.05, 4.69) is 15.3 Å². The highest BCUT2D eigenvalue weighted by Gasteiger charge is 2.19. The third kappa shape index (κ3) is 4.35. The fourth-order valence-corrected chi connectivity index (χ4v) is 2.65. The van der Waals surface area contributed by atoms with Crippen molar-refractivity contribution in [2.24, 2.45) is 0 Å². The van der Waals surface area contributed by atoms with Gasteiger partial charge in [-0.15, -0.1) is 0 Å². The van der Waals surface area contributed by atoms with E-state index in [0.717, 1.165) is 0 Å². The van der Waals surface area contributed by atoms with Gasteiger partial charge >= 0.3 is 11.7 Å². The minimum Gasteiger partial charge on any atom is -0.496 e. The molecule has 1 aromatic heterocycles. The normalized spacial score (nSPS) is 11.8. The van der Waals surface area contributed by atoms with Crippen LogP contribution in [-0.2, 0) is 20.7 Å². The van der Waals surface area contributed by atoms with Crippen LogP contribution in [0.2, 0.25) is 0 Å². The molecule has 1 amide bonds. The van der Waals surface area contributed by atoms with Crippen LogP contribution in [0.4, 0.5) is 5.69 Å². The van der Waals surface area contributed by atoms with Crippen LogP contribution in [0.15, 0.2) is 47.3 Å². The molecule has 0 saturated carbocycles. The van der Waals surface area contributed by atoms with Crippen LogP contribution in [0.3, 0.4) is 0 Å². The first kappa shape index (κ1) is 18.2. The Morgan fingerprint density at radius 3 is 2.63 bits per heavy atom. The van der Waals surface area contributed by atoms with Crippen molar-refractivity contribution in [1.29, 1.82) is 0 Å². The summed E-state index contributed by atoms with van der Waals surface area (Å²) in [6.07, 6.45) is -0.980. The zero-order valence-corrected chi connectivity index (χ0v) is 14.9. The number of benzene rings is 2. The maximum Gasteiger partial charge on any atom is 0.323 e. The van der Waals surface area contributed by atoms with E-state index in [1.807, 2.05) is 0 Å². The van der Waals surface area contributed by atoms with Crippen molar-refractivity contribution in [3.05, 3.63) is 58.5 Å². The molecule has 3 N–H and O–H groups in total. The van der Waals surface area contributed by atoms with Gasteiger partial charge in [-0.1, -0.05) is 18.2 Å². The highest BCUT2D eigenvalue weighted by molar-refractivity contribution is 5.96. The van der Waals surface area contributed by atoms with Crippen molar-refractivity contribution in [3.63, 3.8) is 0 Å². The van der Waals surface area contributed by atoms with Crippen LogP contribution in [0, 0.1) is 0 Å². The maximum absolute atomic E-state index is 12.3. The van der Waals surface area contributed by atoms with E-state index in [9.17, 15) is 14.4 Å². The minimum atomic E-state index is -0.979. The summed E-state index contributed by atoms with van der Waals surface area (Å²) in [5, 5.41) is 2.66. The molecule has 27 heavy (non-hydrogen) atoms. The molecule has 2 aromatic carbocycles. The lowest BCUT2D eigenvalue weighted by Gasteiger charge is -2.14. The summed E-state index contributed by atoms with van der Waals surface area (Å²) >= 11 is 0. The van der Waals surface area contributed by atoms with Crippen LogP contribution < -0.4 is 15.7 Å². The third-order valence-corrected chi connectivity index (χ3v) is 3.99. The van der Waals surface area contributed by atoms with Gasteiger partial charge in [-0.2, -0.15) is 0 Å². The molecule has 1 atom stereocenters. The summed E-state index contributed by atoms with van der Waals surface area (Å²) in [4.78, 5) is 40.9. The van der Waals surface area contributed by atoms with Gasteiger partial charge in [-0.25, -0.2) is 4.79 Å². The molecule has 8 heteroatoms. The van der Waals surface area contributed by atoms with E-state index >= 15 is 0 Å². The Morgan fingerprint density at radius 2 is 1.85 bits per heavy atom. The van der Waals surface area contributed by atoms with Gasteiger partial charge in [0.25, 0.3) is 5.91 Å². The van der Waals surface area contributed by atoms with E-state index in [-0.39, 0.29) is 12.1 Å². The van der Waals surface area contributed by atoms with Crippen molar-refractivity contribution >= 4 is 28.6 Å². The molecule has 140 valence electrons. The summed E-state index contributed by atoms with van der Waals surface area (Å²) in [5.41, 5.74) is 2.04. The number of para-hydroxylation sites is 1. The molecule has 3 aromatic rings. The van der Waals surface area contributed by atoms with E-state index in [1.54, 1.807) is 42.5 Å². The Kier molecular flexibility index (Phi) is 5.25. The summed E-state index contributed by atoms with van der Waals surface area (Å²) in [6.45, 7) is 1.49. The predicted octanol–water partition coefficient (Wildman–Crippen LogP) is 1.98. The van der Waals surface area contributed by atoms with Gasteiger partial charge in [0, 0.05) is 11.3 Å². The van der Waals surface area contributed by atoms with Crippen molar-refractivity contribution in [2.75, 3.05) is 12.4 Å². The molecule has 0 saturated heterocycles. The van der Waals surface area contributed by atoms with Gasteiger partial charge in [0.1, 0.15) is 5.75 Å². The monoisotopic (exact) mass is 369 g/mol. The maximum atomic E-state index is 12.3. The molecule has 0 aliphatic rings. The zero-order valence-electron chi connectivity index (χ0n) is 14.9. The highest BCUT2D eigenvalue weighted by atomic mass is 16.5. The summed E-state index contributed by atoms with van der Waals surface area (Å²) in [5.74, 6) is -0.423. The van der Waals surface area contributed by atoms with Gasteiger partial charge in [-0.3, -0.25) is 9.59 Å². The van der Waals surface area contributed by atoms with Crippen molar-refractivity contribution in [3.8, 4) is 5.75 Å². The van der Waals surface area contributed by atoms with Crippen molar-refractivity contribution in [1.82, 2.24) is 9.97 Å². The molecule has 3 rings (SSSR count). The van der Waals surface area contributed by atoms with Gasteiger partial charge in [0.15, 0.2) is 6.10 Å². The first-order valence-electron chi connectivity index (χ1n) is 8.30. The second-order valence-corrected chi connectivity index (χ2v) is 5.95. The smallest absolute Gasteiger partial charge is 0.323 e. The SMILES string of the molecule is COc1ccccc1CC(=O)O[C@@H](C)C(=O)Nc1ccc2[nH]c(=O)[nH]c2c1. The lowest BCUT2D eigenvalue weighted by atomic mass is 10.1. The molecule has 8 nitrogen and oxygen atoms in total. The number of nitrogens with one attached hydrogen (secondary N) is 3. The number of imidazole rings is 1. The quantitative estimate of drug-likeness (QED) is 0.575. The molecule has 0 spiro atoms. The second-order valence-electron chi connectivity index (χ2n) is 5.95. The summed E-state index contributed by atoms with van der Waals surface area (Å²) < 4.78 is 10.4. The van der Waals surface area contributed by atoms with Crippen LogP contribution >= 0.6 is 0 Å². The van der Waals surface area contributed by atoms with Gasteiger partial charge in [-0.05, 0) is 31.2 Å². The number of hydrogen-bond donors (Lipinski definition) is 3. The number of anilines is 1. The fourth-order valence-electron chi connectivity index (χ4n) is 2.65. The van der Waals surface area contributed by atoms with Crippen molar-refractivity contribution < 1.29 is 19.1 Å². The average Bonchev–Trinajstić information content (AvgIpc) is 3.01. The van der Waals surface area contributed by atoms with Gasteiger partial charge in [0.05, 0.1) is 24.6 Å². The number of carbonyl (C=O) groups is 2. The zero-order chi connectivity index (χ0) is 19.4. The molecular formula is C19H19N3O5. The molecule has 0 unspecified atom stereocenters. The summed E-state index contributed by atoms with van der Waals surface area (Å²) in [6, 6.07) is 12.0. The van der Waals surface area contributed by atoms with Crippen LogP contribution in [0.25, 0.3) is 11.0 Å². The molecule has 0 radical (unpaired) electrons.